The summed E-state index contributed by atoms with van der Waals surface area (Å²) in [6.45, 7) is 7.50. The molecule has 2 fully saturated rings. The third kappa shape index (κ3) is 5.41. The lowest BCUT2D eigenvalue weighted by Crippen LogP contribution is -2.33. The Morgan fingerprint density at radius 1 is 1.21 bits per heavy atom. The number of rotatable bonds is 6. The molecular formula is C17H31ClN4O2. The Bertz CT molecular complexity index is 471. The Kier molecular flexibility index (Phi) is 7.94. The minimum absolute atomic E-state index is 0. The second kappa shape index (κ2) is 9.70. The third-order valence-electron chi connectivity index (χ3n) is 5.29. The lowest BCUT2D eigenvalue weighted by Gasteiger charge is -2.29. The molecule has 3 rings (SSSR count). The van der Waals surface area contributed by atoms with Gasteiger partial charge in [0.1, 0.15) is 0 Å². The first-order chi connectivity index (χ1) is 11.2. The van der Waals surface area contributed by atoms with E-state index in [2.05, 4.69) is 22.0 Å². The first-order valence-corrected chi connectivity index (χ1v) is 9.10. The van der Waals surface area contributed by atoms with E-state index in [-0.39, 0.29) is 18.4 Å². The molecule has 7 heteroatoms. The molecule has 1 aromatic heterocycles. The van der Waals surface area contributed by atoms with Crippen molar-refractivity contribution in [3.05, 3.63) is 11.7 Å². The molecule has 0 radical (unpaired) electrons. The van der Waals surface area contributed by atoms with Crippen molar-refractivity contribution < 1.29 is 9.26 Å². The highest BCUT2D eigenvalue weighted by atomic mass is 35.5. The molecule has 2 saturated heterocycles. The van der Waals surface area contributed by atoms with Crippen LogP contribution in [0, 0.1) is 11.8 Å². The number of aryl methyl sites for hydroxylation is 1. The van der Waals surface area contributed by atoms with Gasteiger partial charge in [0.15, 0.2) is 5.82 Å². The lowest BCUT2D eigenvalue weighted by molar-refractivity contribution is 0.0546. The predicted molar refractivity (Wildman–Crippen MR) is 95.2 cm³/mol. The van der Waals surface area contributed by atoms with Crippen molar-refractivity contribution >= 4 is 12.4 Å². The first-order valence-electron chi connectivity index (χ1n) is 9.10. The quantitative estimate of drug-likeness (QED) is 0.842. The van der Waals surface area contributed by atoms with Crippen LogP contribution in [0.3, 0.4) is 0 Å². The molecule has 24 heavy (non-hydrogen) atoms. The summed E-state index contributed by atoms with van der Waals surface area (Å²) in [5.74, 6) is 2.68. The largest absolute Gasteiger partial charge is 0.381 e. The Balaban J connectivity index is 0.00000208. The van der Waals surface area contributed by atoms with Gasteiger partial charge in [-0.1, -0.05) is 12.1 Å². The summed E-state index contributed by atoms with van der Waals surface area (Å²) >= 11 is 0. The van der Waals surface area contributed by atoms with Crippen LogP contribution in [0.15, 0.2) is 4.52 Å². The average molecular weight is 359 g/mol. The van der Waals surface area contributed by atoms with Crippen LogP contribution in [0.5, 0.6) is 0 Å². The van der Waals surface area contributed by atoms with E-state index in [0.717, 1.165) is 57.2 Å². The molecule has 0 saturated carbocycles. The van der Waals surface area contributed by atoms with Crippen molar-refractivity contribution in [2.24, 2.45) is 17.6 Å². The van der Waals surface area contributed by atoms with Crippen LogP contribution in [0.2, 0.25) is 0 Å². The van der Waals surface area contributed by atoms with Crippen LogP contribution in [-0.2, 0) is 11.2 Å². The molecule has 3 heterocycles. The van der Waals surface area contributed by atoms with Crippen molar-refractivity contribution in [3.63, 3.8) is 0 Å². The zero-order valence-electron chi connectivity index (χ0n) is 14.7. The molecule has 0 spiro atoms. The molecule has 6 nitrogen and oxygen atoms in total. The topological polar surface area (TPSA) is 77.4 Å². The molecule has 0 aliphatic carbocycles. The zero-order chi connectivity index (χ0) is 16.1. The van der Waals surface area contributed by atoms with E-state index in [1.54, 1.807) is 0 Å². The maximum Gasteiger partial charge on any atom is 0.243 e. The fourth-order valence-electron chi connectivity index (χ4n) is 3.53. The standard InChI is InChI=1S/C17H30N4O2.ClH/c1-13-4-9-21(10-5-13)8-2-3-15-19-17(23-20-15)16(18)14-6-11-22-12-7-14;/h13-14,16H,2-12,18H2,1H3;1H. The third-order valence-corrected chi connectivity index (χ3v) is 5.29. The fourth-order valence-corrected chi connectivity index (χ4v) is 3.53. The van der Waals surface area contributed by atoms with Gasteiger partial charge in [0.25, 0.3) is 0 Å². The molecule has 138 valence electrons. The second-order valence-corrected chi connectivity index (χ2v) is 7.15. The number of likely N-dealkylation sites (tertiary alicyclic amines) is 1. The summed E-state index contributed by atoms with van der Waals surface area (Å²) in [4.78, 5) is 7.07. The fraction of sp³-hybridized carbons (Fsp3) is 0.882. The Morgan fingerprint density at radius 3 is 2.62 bits per heavy atom. The van der Waals surface area contributed by atoms with Crippen LogP contribution in [-0.4, -0.2) is 47.9 Å². The second-order valence-electron chi connectivity index (χ2n) is 7.15. The number of piperidine rings is 1. The smallest absolute Gasteiger partial charge is 0.243 e. The van der Waals surface area contributed by atoms with Crippen molar-refractivity contribution in [3.8, 4) is 0 Å². The zero-order valence-corrected chi connectivity index (χ0v) is 15.5. The van der Waals surface area contributed by atoms with E-state index >= 15 is 0 Å². The van der Waals surface area contributed by atoms with Gasteiger partial charge in [0, 0.05) is 19.6 Å². The molecule has 1 atom stereocenters. The predicted octanol–water partition coefficient (Wildman–Crippen LogP) is 2.58. The molecule has 0 amide bonds. The van der Waals surface area contributed by atoms with Crippen molar-refractivity contribution in [1.82, 2.24) is 15.0 Å². The van der Waals surface area contributed by atoms with Crippen LogP contribution in [0.4, 0.5) is 0 Å². The van der Waals surface area contributed by atoms with Crippen LogP contribution >= 0.6 is 12.4 Å². The van der Waals surface area contributed by atoms with E-state index in [1.807, 2.05) is 0 Å². The Labute approximate surface area is 150 Å². The highest BCUT2D eigenvalue weighted by Crippen LogP contribution is 2.27. The van der Waals surface area contributed by atoms with Crippen LogP contribution < -0.4 is 5.73 Å². The molecular weight excluding hydrogens is 328 g/mol. The van der Waals surface area contributed by atoms with Gasteiger partial charge in [0.2, 0.25) is 5.89 Å². The average Bonchev–Trinajstić information content (AvgIpc) is 3.06. The van der Waals surface area contributed by atoms with E-state index in [9.17, 15) is 0 Å². The van der Waals surface area contributed by atoms with Gasteiger partial charge in [-0.15, -0.1) is 12.4 Å². The lowest BCUT2D eigenvalue weighted by atomic mass is 9.92. The van der Waals surface area contributed by atoms with Gasteiger partial charge in [-0.3, -0.25) is 0 Å². The first kappa shape index (κ1) is 19.6. The number of aromatic nitrogens is 2. The number of halogens is 1. The van der Waals surface area contributed by atoms with E-state index in [4.69, 9.17) is 15.0 Å². The Hall–Kier alpha value is -0.690. The van der Waals surface area contributed by atoms with Crippen molar-refractivity contribution in [2.45, 2.75) is 51.5 Å². The highest BCUT2D eigenvalue weighted by molar-refractivity contribution is 5.85. The summed E-state index contributed by atoms with van der Waals surface area (Å²) in [5, 5.41) is 4.11. The Morgan fingerprint density at radius 2 is 1.92 bits per heavy atom. The summed E-state index contributed by atoms with van der Waals surface area (Å²) < 4.78 is 10.8. The minimum atomic E-state index is -0.149. The van der Waals surface area contributed by atoms with Crippen LogP contribution in [0.25, 0.3) is 0 Å². The van der Waals surface area contributed by atoms with Gasteiger partial charge in [0.05, 0.1) is 6.04 Å². The maximum atomic E-state index is 6.28. The monoisotopic (exact) mass is 358 g/mol. The van der Waals surface area contributed by atoms with E-state index < -0.39 is 0 Å². The minimum Gasteiger partial charge on any atom is -0.381 e. The molecule has 2 aliphatic rings. The van der Waals surface area contributed by atoms with Crippen molar-refractivity contribution in [2.75, 3.05) is 32.8 Å². The summed E-state index contributed by atoms with van der Waals surface area (Å²) in [6.07, 6.45) is 6.56. The number of hydrogen-bond acceptors (Lipinski definition) is 6. The SMILES string of the molecule is CC1CCN(CCCc2noc(C(N)C3CCOCC3)n2)CC1.Cl. The molecule has 0 bridgehead atoms. The van der Waals surface area contributed by atoms with Crippen molar-refractivity contribution in [1.29, 1.82) is 0 Å². The van der Waals surface area contributed by atoms with Gasteiger partial charge in [-0.2, -0.15) is 4.98 Å². The highest BCUT2D eigenvalue weighted by Gasteiger charge is 2.26. The van der Waals surface area contributed by atoms with E-state index in [1.165, 1.54) is 25.9 Å². The van der Waals surface area contributed by atoms with Gasteiger partial charge >= 0.3 is 0 Å². The summed E-state index contributed by atoms with van der Waals surface area (Å²) in [6, 6.07) is -0.149. The number of ether oxygens (including phenoxy) is 1. The normalized spacial score (nSPS) is 22.2. The molecule has 0 aromatic carbocycles. The summed E-state index contributed by atoms with van der Waals surface area (Å²) in [7, 11) is 0. The molecule has 1 aromatic rings. The number of nitrogens with zero attached hydrogens (tertiary/aromatic N) is 3. The number of hydrogen-bond donors (Lipinski definition) is 1. The van der Waals surface area contributed by atoms with Gasteiger partial charge in [-0.05, 0) is 63.6 Å². The van der Waals surface area contributed by atoms with Gasteiger partial charge in [-0.25, -0.2) is 0 Å². The van der Waals surface area contributed by atoms with E-state index in [0.29, 0.717) is 11.8 Å². The molecule has 1 unspecified atom stereocenters. The summed E-state index contributed by atoms with van der Waals surface area (Å²) in [5.41, 5.74) is 6.28. The maximum absolute atomic E-state index is 6.28. The van der Waals surface area contributed by atoms with Gasteiger partial charge < -0.3 is 19.9 Å². The van der Waals surface area contributed by atoms with Crippen LogP contribution in [0.1, 0.15) is 56.8 Å². The molecule has 2 aliphatic heterocycles. The molecule has 2 N–H and O–H groups in total. The number of nitrogens with two attached hydrogens (primary N) is 1.